The molecule has 0 saturated carbocycles. The van der Waals surface area contributed by atoms with Gasteiger partial charge in [0.1, 0.15) is 11.6 Å². The van der Waals surface area contributed by atoms with Gasteiger partial charge in [-0.3, -0.25) is 14.9 Å². The largest absolute Gasteiger partial charge is 0.480 e. The monoisotopic (exact) mass is 426 g/mol. The highest BCUT2D eigenvalue weighted by molar-refractivity contribution is 9.10. The Kier molecular flexibility index (Phi) is 6.23. The Morgan fingerprint density at radius 1 is 1.27 bits per heavy atom. The second-order valence-electron chi connectivity index (χ2n) is 5.08. The average Bonchev–Trinajstić information content (AvgIpc) is 2.56. The Morgan fingerprint density at radius 2 is 2.00 bits per heavy atom. The number of rotatable bonds is 7. The number of carbonyl (C=O) groups excluding carboxylic acids is 1. The first-order valence-electron chi connectivity index (χ1n) is 7.13. The van der Waals surface area contributed by atoms with E-state index in [0.29, 0.717) is 4.47 Å². The van der Waals surface area contributed by atoms with Crippen LogP contribution in [0.2, 0.25) is 0 Å². The van der Waals surface area contributed by atoms with E-state index < -0.39 is 29.2 Å². The molecule has 2 rings (SSSR count). The van der Waals surface area contributed by atoms with Gasteiger partial charge in [0.15, 0.2) is 6.61 Å². The van der Waals surface area contributed by atoms with E-state index in [9.17, 15) is 24.1 Å². The maximum Gasteiger partial charge on any atom is 0.341 e. The van der Waals surface area contributed by atoms with Gasteiger partial charge in [0.05, 0.1) is 17.0 Å². The van der Waals surface area contributed by atoms with E-state index in [4.69, 9.17) is 9.84 Å². The number of halogens is 2. The predicted molar refractivity (Wildman–Crippen MR) is 92.7 cm³/mol. The van der Waals surface area contributed by atoms with Crippen molar-refractivity contribution in [1.29, 1.82) is 0 Å². The highest BCUT2D eigenvalue weighted by Crippen LogP contribution is 2.29. The first-order valence-corrected chi connectivity index (χ1v) is 7.92. The van der Waals surface area contributed by atoms with Crippen LogP contribution in [0.3, 0.4) is 0 Å². The summed E-state index contributed by atoms with van der Waals surface area (Å²) in [4.78, 5) is 33.0. The fourth-order valence-electron chi connectivity index (χ4n) is 2.03. The van der Waals surface area contributed by atoms with E-state index in [1.807, 2.05) is 0 Å². The number of ether oxygens (including phenoxy) is 1. The Balaban J connectivity index is 2.21. The normalized spacial score (nSPS) is 10.2. The average molecular weight is 427 g/mol. The minimum Gasteiger partial charge on any atom is -0.480 e. The summed E-state index contributed by atoms with van der Waals surface area (Å²) in [6, 6.07) is 7.53. The molecular weight excluding hydrogens is 415 g/mol. The Hall–Kier alpha value is -3.01. The number of carbonyl (C=O) groups is 2. The number of hydrogen-bond donors (Lipinski definition) is 2. The van der Waals surface area contributed by atoms with Gasteiger partial charge in [0, 0.05) is 16.6 Å². The van der Waals surface area contributed by atoms with E-state index >= 15 is 0 Å². The third kappa shape index (κ3) is 5.24. The molecule has 0 atom stereocenters. The summed E-state index contributed by atoms with van der Waals surface area (Å²) >= 11 is 3.11. The standard InChI is InChI=1S/C16H12BrFN2O6/c17-10-2-1-9(12(18)6-10)5-15(21)19-13-7-11(20(24)25)3-4-14(13)26-8-16(22)23/h1-4,6-7H,5,8H2,(H,19,21)(H,22,23). The Labute approximate surface area is 154 Å². The number of anilines is 1. The molecular formula is C16H12BrFN2O6. The second-order valence-corrected chi connectivity index (χ2v) is 6.00. The van der Waals surface area contributed by atoms with Crippen LogP contribution < -0.4 is 10.1 Å². The molecule has 136 valence electrons. The first-order chi connectivity index (χ1) is 12.3. The van der Waals surface area contributed by atoms with E-state index in [1.54, 1.807) is 6.07 Å². The number of carboxylic acid groups (broad SMARTS) is 1. The highest BCUT2D eigenvalue weighted by atomic mass is 79.9. The third-order valence-electron chi connectivity index (χ3n) is 3.17. The minimum absolute atomic E-state index is 0.0531. The van der Waals surface area contributed by atoms with Crippen molar-refractivity contribution in [3.05, 3.63) is 62.4 Å². The van der Waals surface area contributed by atoms with Crippen LogP contribution in [0, 0.1) is 15.9 Å². The van der Waals surface area contributed by atoms with E-state index in [0.717, 1.165) is 12.1 Å². The summed E-state index contributed by atoms with van der Waals surface area (Å²) in [5, 5.41) is 21.9. The summed E-state index contributed by atoms with van der Waals surface area (Å²) in [6.45, 7) is -0.692. The number of nitrogens with one attached hydrogen (secondary N) is 1. The summed E-state index contributed by atoms with van der Waals surface area (Å²) in [5.74, 6) is -2.54. The molecule has 1 amide bonds. The number of non-ortho nitro benzene ring substituents is 1. The molecule has 10 heteroatoms. The van der Waals surface area contributed by atoms with Crippen LogP contribution in [0.1, 0.15) is 5.56 Å². The fourth-order valence-corrected chi connectivity index (χ4v) is 2.36. The van der Waals surface area contributed by atoms with Crippen molar-refractivity contribution in [2.24, 2.45) is 0 Å². The van der Waals surface area contributed by atoms with Gasteiger partial charge in [-0.2, -0.15) is 0 Å². The van der Waals surface area contributed by atoms with Crippen molar-refractivity contribution in [3.8, 4) is 5.75 Å². The lowest BCUT2D eigenvalue weighted by Crippen LogP contribution is -2.17. The predicted octanol–water partition coefficient (Wildman–Crippen LogP) is 3.14. The lowest BCUT2D eigenvalue weighted by molar-refractivity contribution is -0.384. The highest BCUT2D eigenvalue weighted by Gasteiger charge is 2.16. The van der Waals surface area contributed by atoms with Gasteiger partial charge in [-0.25, -0.2) is 9.18 Å². The molecule has 2 aromatic carbocycles. The van der Waals surface area contributed by atoms with Crippen LogP contribution in [0.25, 0.3) is 0 Å². The van der Waals surface area contributed by atoms with E-state index in [-0.39, 0.29) is 29.1 Å². The van der Waals surface area contributed by atoms with Gasteiger partial charge >= 0.3 is 5.97 Å². The van der Waals surface area contributed by atoms with Crippen molar-refractivity contribution < 1.29 is 28.7 Å². The number of amides is 1. The SMILES string of the molecule is O=C(O)COc1ccc([N+](=O)[O-])cc1NC(=O)Cc1ccc(Br)cc1F. The third-order valence-corrected chi connectivity index (χ3v) is 3.66. The molecule has 2 aromatic rings. The van der Waals surface area contributed by atoms with Crippen molar-refractivity contribution >= 4 is 39.2 Å². The molecule has 0 aliphatic rings. The number of aliphatic carboxylic acids is 1. The number of nitro groups is 1. The van der Waals surface area contributed by atoms with Crippen LogP contribution in [0.4, 0.5) is 15.8 Å². The zero-order chi connectivity index (χ0) is 19.3. The zero-order valence-corrected chi connectivity index (χ0v) is 14.7. The molecule has 8 nitrogen and oxygen atoms in total. The summed E-state index contributed by atoms with van der Waals surface area (Å²) in [6.07, 6.45) is -0.319. The van der Waals surface area contributed by atoms with E-state index in [2.05, 4.69) is 21.2 Å². The van der Waals surface area contributed by atoms with Crippen molar-refractivity contribution in [2.75, 3.05) is 11.9 Å². The molecule has 0 unspecified atom stereocenters. The summed E-state index contributed by atoms with van der Waals surface area (Å²) < 4.78 is 19.3. The smallest absolute Gasteiger partial charge is 0.341 e. The topological polar surface area (TPSA) is 119 Å². The number of nitro benzene ring substituents is 1. The van der Waals surface area contributed by atoms with Gasteiger partial charge in [-0.1, -0.05) is 22.0 Å². The van der Waals surface area contributed by atoms with Gasteiger partial charge in [0.25, 0.3) is 5.69 Å². The van der Waals surface area contributed by atoms with Crippen molar-refractivity contribution in [2.45, 2.75) is 6.42 Å². The number of nitrogens with zero attached hydrogens (tertiary/aromatic N) is 1. The molecule has 0 spiro atoms. The molecule has 0 aromatic heterocycles. The van der Waals surface area contributed by atoms with E-state index in [1.165, 1.54) is 18.2 Å². The number of carboxylic acids is 1. The summed E-state index contributed by atoms with van der Waals surface area (Å²) in [5.41, 5.74) is -0.273. The number of benzene rings is 2. The van der Waals surface area contributed by atoms with Gasteiger partial charge in [0.2, 0.25) is 5.91 Å². The molecule has 0 bridgehead atoms. The summed E-state index contributed by atoms with van der Waals surface area (Å²) in [7, 11) is 0. The maximum absolute atomic E-state index is 13.8. The molecule has 26 heavy (non-hydrogen) atoms. The van der Waals surface area contributed by atoms with Gasteiger partial charge in [-0.05, 0) is 23.8 Å². The first kappa shape index (κ1) is 19.3. The number of hydrogen-bond acceptors (Lipinski definition) is 5. The van der Waals surface area contributed by atoms with Crippen molar-refractivity contribution in [1.82, 2.24) is 0 Å². The molecule has 2 N–H and O–H groups in total. The lowest BCUT2D eigenvalue weighted by atomic mass is 10.1. The van der Waals surface area contributed by atoms with Crippen LogP contribution in [0.15, 0.2) is 40.9 Å². The molecule has 0 saturated heterocycles. The Bertz CT molecular complexity index is 874. The van der Waals surface area contributed by atoms with Gasteiger partial charge < -0.3 is 15.2 Å². The maximum atomic E-state index is 13.8. The van der Waals surface area contributed by atoms with Crippen molar-refractivity contribution in [3.63, 3.8) is 0 Å². The quantitative estimate of drug-likeness (QED) is 0.518. The zero-order valence-electron chi connectivity index (χ0n) is 13.1. The fraction of sp³-hybridized carbons (Fsp3) is 0.125. The molecule has 0 aliphatic heterocycles. The molecule has 0 heterocycles. The van der Waals surface area contributed by atoms with Crippen LogP contribution >= 0.6 is 15.9 Å². The van der Waals surface area contributed by atoms with Crippen LogP contribution in [-0.4, -0.2) is 28.5 Å². The molecule has 0 radical (unpaired) electrons. The van der Waals surface area contributed by atoms with Crippen LogP contribution in [-0.2, 0) is 16.0 Å². The molecule has 0 aliphatic carbocycles. The Morgan fingerprint density at radius 3 is 2.62 bits per heavy atom. The van der Waals surface area contributed by atoms with Gasteiger partial charge in [-0.15, -0.1) is 0 Å². The minimum atomic E-state index is -1.25. The molecule has 0 fully saturated rings. The van der Waals surface area contributed by atoms with Crippen LogP contribution in [0.5, 0.6) is 5.75 Å². The second kappa shape index (κ2) is 8.39. The lowest BCUT2D eigenvalue weighted by Gasteiger charge is -2.11.